The van der Waals surface area contributed by atoms with Crippen molar-refractivity contribution < 1.29 is 14.3 Å². The summed E-state index contributed by atoms with van der Waals surface area (Å²) in [6.45, 7) is 5.33. The topological polar surface area (TPSA) is 79.2 Å². The molecular formula is C10H16N2O3. The summed E-state index contributed by atoms with van der Waals surface area (Å²) in [6, 6.07) is 1.89. The van der Waals surface area contributed by atoms with E-state index in [9.17, 15) is 9.59 Å². The summed E-state index contributed by atoms with van der Waals surface area (Å²) >= 11 is 0. The molecule has 0 rings (SSSR count). The smallest absolute Gasteiger partial charge is 0.325 e. The predicted molar refractivity (Wildman–Crippen MR) is 53.6 cm³/mol. The molecule has 0 radical (unpaired) electrons. The summed E-state index contributed by atoms with van der Waals surface area (Å²) in [5.41, 5.74) is 0. The Kier molecular flexibility index (Phi) is 6.11. The van der Waals surface area contributed by atoms with Gasteiger partial charge in [0.25, 0.3) is 0 Å². The van der Waals surface area contributed by atoms with Crippen LogP contribution in [0.2, 0.25) is 0 Å². The van der Waals surface area contributed by atoms with Gasteiger partial charge < -0.3 is 10.1 Å². The molecule has 0 saturated carbocycles. The van der Waals surface area contributed by atoms with Crippen LogP contribution in [0.15, 0.2) is 0 Å². The third-order valence-corrected chi connectivity index (χ3v) is 1.80. The van der Waals surface area contributed by atoms with Crippen LogP contribution in [0.5, 0.6) is 0 Å². The average molecular weight is 212 g/mol. The van der Waals surface area contributed by atoms with E-state index in [1.54, 1.807) is 20.8 Å². The van der Waals surface area contributed by atoms with Gasteiger partial charge in [-0.2, -0.15) is 5.26 Å². The van der Waals surface area contributed by atoms with Crippen LogP contribution in [-0.4, -0.2) is 25.0 Å². The highest BCUT2D eigenvalue weighted by atomic mass is 16.5. The lowest BCUT2D eigenvalue weighted by atomic mass is 9.97. The van der Waals surface area contributed by atoms with Crippen LogP contribution < -0.4 is 5.32 Å². The van der Waals surface area contributed by atoms with Gasteiger partial charge in [0.1, 0.15) is 12.5 Å². The van der Waals surface area contributed by atoms with Gasteiger partial charge in [-0.1, -0.05) is 13.8 Å². The third kappa shape index (κ3) is 5.01. The van der Waals surface area contributed by atoms with Gasteiger partial charge in [-0.3, -0.25) is 9.59 Å². The minimum Gasteiger partial charge on any atom is -0.465 e. The molecule has 5 heteroatoms. The van der Waals surface area contributed by atoms with E-state index in [0.717, 1.165) is 0 Å². The fourth-order valence-electron chi connectivity index (χ4n) is 0.992. The molecule has 84 valence electrons. The maximum absolute atomic E-state index is 11.4. The van der Waals surface area contributed by atoms with Crippen LogP contribution >= 0.6 is 0 Å². The molecule has 0 bridgehead atoms. The molecule has 0 aromatic rings. The first-order valence-corrected chi connectivity index (χ1v) is 4.85. The molecule has 0 heterocycles. The Balaban J connectivity index is 4.03. The average Bonchev–Trinajstić information content (AvgIpc) is 2.15. The molecule has 1 unspecified atom stereocenters. The molecule has 15 heavy (non-hydrogen) atoms. The Labute approximate surface area is 89.4 Å². The van der Waals surface area contributed by atoms with E-state index in [-0.39, 0.29) is 19.1 Å². The van der Waals surface area contributed by atoms with Crippen molar-refractivity contribution in [2.45, 2.75) is 20.8 Å². The zero-order valence-corrected chi connectivity index (χ0v) is 9.24. The van der Waals surface area contributed by atoms with Crippen molar-refractivity contribution >= 4 is 11.9 Å². The van der Waals surface area contributed by atoms with Gasteiger partial charge in [0.05, 0.1) is 12.7 Å². The lowest BCUT2D eigenvalue weighted by Gasteiger charge is -2.12. The molecule has 1 atom stereocenters. The SMILES string of the molecule is CCOC(=O)CNC(=O)C(C#N)C(C)C. The van der Waals surface area contributed by atoms with Gasteiger partial charge in [-0.05, 0) is 12.8 Å². The molecule has 1 amide bonds. The van der Waals surface area contributed by atoms with Crippen LogP contribution in [0.4, 0.5) is 0 Å². The minimum atomic E-state index is -0.723. The Bertz CT molecular complexity index is 268. The quantitative estimate of drug-likeness (QED) is 0.671. The number of hydrogen-bond acceptors (Lipinski definition) is 4. The molecule has 0 saturated heterocycles. The van der Waals surface area contributed by atoms with Crippen molar-refractivity contribution in [3.05, 3.63) is 0 Å². The molecule has 0 aliphatic heterocycles. The Hall–Kier alpha value is -1.57. The molecule has 0 aliphatic carbocycles. The summed E-state index contributed by atoms with van der Waals surface area (Å²) in [5.74, 6) is -1.72. The number of nitriles is 1. The first-order valence-electron chi connectivity index (χ1n) is 4.85. The highest BCUT2D eigenvalue weighted by molar-refractivity contribution is 5.85. The molecule has 0 aromatic heterocycles. The molecule has 0 aromatic carbocycles. The van der Waals surface area contributed by atoms with Crippen LogP contribution in [0, 0.1) is 23.2 Å². The minimum absolute atomic E-state index is 0.0720. The zero-order valence-electron chi connectivity index (χ0n) is 9.24. The Morgan fingerprint density at radius 2 is 2.07 bits per heavy atom. The van der Waals surface area contributed by atoms with Gasteiger partial charge in [0.15, 0.2) is 0 Å². The molecule has 1 N–H and O–H groups in total. The van der Waals surface area contributed by atoms with Crippen molar-refractivity contribution in [2.24, 2.45) is 11.8 Å². The number of esters is 1. The van der Waals surface area contributed by atoms with Gasteiger partial charge in [-0.15, -0.1) is 0 Å². The molecule has 0 fully saturated rings. The van der Waals surface area contributed by atoms with Crippen LogP contribution in [0.1, 0.15) is 20.8 Å². The van der Waals surface area contributed by atoms with E-state index < -0.39 is 17.8 Å². The van der Waals surface area contributed by atoms with Crippen molar-refractivity contribution in [1.29, 1.82) is 5.26 Å². The van der Waals surface area contributed by atoms with E-state index in [4.69, 9.17) is 5.26 Å². The largest absolute Gasteiger partial charge is 0.465 e. The highest BCUT2D eigenvalue weighted by Crippen LogP contribution is 2.08. The second-order valence-corrected chi connectivity index (χ2v) is 3.37. The van der Waals surface area contributed by atoms with Crippen LogP contribution in [0.3, 0.4) is 0 Å². The third-order valence-electron chi connectivity index (χ3n) is 1.80. The van der Waals surface area contributed by atoms with E-state index in [1.807, 2.05) is 6.07 Å². The highest BCUT2D eigenvalue weighted by Gasteiger charge is 2.21. The normalized spacial score (nSPS) is 11.7. The number of rotatable bonds is 5. The number of carbonyl (C=O) groups is 2. The first-order chi connectivity index (χ1) is 7.02. The van der Waals surface area contributed by atoms with E-state index >= 15 is 0 Å². The standard InChI is InChI=1S/C10H16N2O3/c1-4-15-9(13)6-12-10(14)8(5-11)7(2)3/h7-8H,4,6H2,1-3H3,(H,12,14). The maximum atomic E-state index is 11.4. The molecule has 5 nitrogen and oxygen atoms in total. The second-order valence-electron chi connectivity index (χ2n) is 3.37. The zero-order chi connectivity index (χ0) is 11.8. The number of ether oxygens (including phenoxy) is 1. The summed E-state index contributed by atoms with van der Waals surface area (Å²) < 4.78 is 4.63. The van der Waals surface area contributed by atoms with Gasteiger partial charge in [0, 0.05) is 0 Å². The summed E-state index contributed by atoms with van der Waals surface area (Å²) in [7, 11) is 0. The van der Waals surface area contributed by atoms with E-state index in [1.165, 1.54) is 0 Å². The lowest BCUT2D eigenvalue weighted by molar-refractivity contribution is -0.143. The first kappa shape index (κ1) is 13.4. The van der Waals surface area contributed by atoms with E-state index in [0.29, 0.717) is 0 Å². The fourth-order valence-corrected chi connectivity index (χ4v) is 0.992. The fraction of sp³-hybridized carbons (Fsp3) is 0.700. The van der Waals surface area contributed by atoms with Crippen molar-refractivity contribution in [2.75, 3.05) is 13.2 Å². The van der Waals surface area contributed by atoms with Gasteiger partial charge in [0.2, 0.25) is 5.91 Å². The Morgan fingerprint density at radius 1 is 1.47 bits per heavy atom. The number of nitrogens with zero attached hydrogens (tertiary/aromatic N) is 1. The van der Waals surface area contributed by atoms with Crippen molar-refractivity contribution in [1.82, 2.24) is 5.32 Å². The summed E-state index contributed by atoms with van der Waals surface area (Å²) in [5, 5.41) is 11.1. The lowest BCUT2D eigenvalue weighted by Crippen LogP contribution is -2.36. The van der Waals surface area contributed by atoms with E-state index in [2.05, 4.69) is 10.1 Å². The number of carbonyl (C=O) groups excluding carboxylic acids is 2. The summed E-state index contributed by atoms with van der Waals surface area (Å²) in [4.78, 5) is 22.3. The number of hydrogen-bond donors (Lipinski definition) is 1. The molecule has 0 spiro atoms. The second kappa shape index (κ2) is 6.82. The molecular weight excluding hydrogens is 196 g/mol. The number of amides is 1. The van der Waals surface area contributed by atoms with Gasteiger partial charge in [-0.25, -0.2) is 0 Å². The van der Waals surface area contributed by atoms with Crippen molar-refractivity contribution in [3.63, 3.8) is 0 Å². The monoisotopic (exact) mass is 212 g/mol. The number of nitrogens with one attached hydrogen (secondary N) is 1. The Morgan fingerprint density at radius 3 is 2.47 bits per heavy atom. The van der Waals surface area contributed by atoms with Crippen molar-refractivity contribution in [3.8, 4) is 6.07 Å². The van der Waals surface area contributed by atoms with Crippen LogP contribution in [0.25, 0.3) is 0 Å². The maximum Gasteiger partial charge on any atom is 0.325 e. The van der Waals surface area contributed by atoms with Gasteiger partial charge >= 0.3 is 5.97 Å². The molecule has 0 aliphatic rings. The van der Waals surface area contributed by atoms with Crippen LogP contribution in [-0.2, 0) is 14.3 Å². The summed E-state index contributed by atoms with van der Waals surface area (Å²) in [6.07, 6.45) is 0. The predicted octanol–water partition coefficient (Wildman–Crippen LogP) is 0.461.